The monoisotopic (exact) mass is 449 g/mol. The molecule has 0 bridgehead atoms. The van der Waals surface area contributed by atoms with Gasteiger partial charge in [-0.05, 0) is 42.7 Å². The van der Waals surface area contributed by atoms with Crippen molar-refractivity contribution in [2.75, 3.05) is 6.54 Å². The molecule has 1 aliphatic rings. The topological polar surface area (TPSA) is 70.8 Å². The van der Waals surface area contributed by atoms with Crippen LogP contribution >= 0.6 is 24.0 Å². The molecule has 2 aromatic carbocycles. The molecule has 0 unspecified atom stereocenters. The van der Waals surface area contributed by atoms with E-state index in [-0.39, 0.29) is 11.5 Å². The van der Waals surface area contributed by atoms with Crippen LogP contribution in [0.3, 0.4) is 0 Å². The quantitative estimate of drug-likeness (QED) is 0.402. The van der Waals surface area contributed by atoms with Crippen LogP contribution in [0.15, 0.2) is 70.0 Å². The molecule has 0 aliphatic carbocycles. The van der Waals surface area contributed by atoms with Crippen LogP contribution in [-0.4, -0.2) is 32.7 Å². The van der Waals surface area contributed by atoms with Crippen molar-refractivity contribution in [1.29, 1.82) is 0 Å². The summed E-state index contributed by atoms with van der Waals surface area (Å²) in [5.41, 5.74) is 2.71. The van der Waals surface area contributed by atoms with E-state index in [1.165, 1.54) is 11.8 Å². The van der Waals surface area contributed by atoms with Gasteiger partial charge in [-0.1, -0.05) is 66.4 Å². The average Bonchev–Trinajstić information content (AvgIpc) is 3.32. The number of carbonyl (C=O) groups excluding carboxylic acids is 1. The van der Waals surface area contributed by atoms with E-state index in [4.69, 9.17) is 16.6 Å². The second-order valence-corrected chi connectivity index (χ2v) is 8.73. The van der Waals surface area contributed by atoms with E-state index in [0.29, 0.717) is 38.4 Å². The fraction of sp³-hybridized carbons (Fsp3) is 0.125. The lowest BCUT2D eigenvalue weighted by atomic mass is 10.0. The molecule has 1 aliphatic heterocycles. The Hall–Kier alpha value is -3.16. The first-order chi connectivity index (χ1) is 14.9. The zero-order valence-corrected chi connectivity index (χ0v) is 18.3. The van der Waals surface area contributed by atoms with Gasteiger partial charge in [-0.2, -0.15) is 0 Å². The zero-order chi connectivity index (χ0) is 22.0. The van der Waals surface area contributed by atoms with E-state index in [1.54, 1.807) is 42.2 Å². The maximum absolute atomic E-state index is 12.8. The highest BCUT2D eigenvalue weighted by atomic mass is 32.2. The Morgan fingerprint density at radius 3 is 2.65 bits per heavy atom. The summed E-state index contributed by atoms with van der Waals surface area (Å²) in [6.07, 6.45) is 2.41. The predicted octanol–water partition coefficient (Wildman–Crippen LogP) is 5.40. The first-order valence-corrected chi connectivity index (χ1v) is 10.9. The third kappa shape index (κ3) is 4.47. The zero-order valence-electron chi connectivity index (χ0n) is 16.7. The highest BCUT2D eigenvalue weighted by Gasteiger charge is 2.32. The molecule has 5 nitrogen and oxygen atoms in total. The minimum Gasteiger partial charge on any atom is -0.478 e. The van der Waals surface area contributed by atoms with Crippen molar-refractivity contribution in [2.45, 2.75) is 13.3 Å². The number of carboxylic acids is 1. The first kappa shape index (κ1) is 21.1. The van der Waals surface area contributed by atoms with Gasteiger partial charge < -0.3 is 9.52 Å². The maximum atomic E-state index is 12.8. The predicted molar refractivity (Wildman–Crippen MR) is 126 cm³/mol. The van der Waals surface area contributed by atoms with Crippen molar-refractivity contribution in [1.82, 2.24) is 4.90 Å². The number of hydrogen-bond acceptors (Lipinski definition) is 5. The smallest absolute Gasteiger partial charge is 0.335 e. The van der Waals surface area contributed by atoms with E-state index >= 15 is 0 Å². The molecule has 31 heavy (non-hydrogen) atoms. The number of carboxylic acid groups (broad SMARTS) is 1. The Morgan fingerprint density at radius 1 is 1.13 bits per heavy atom. The fourth-order valence-corrected chi connectivity index (χ4v) is 4.71. The van der Waals surface area contributed by atoms with Gasteiger partial charge in [0.15, 0.2) is 0 Å². The van der Waals surface area contributed by atoms with Gasteiger partial charge in [0, 0.05) is 18.2 Å². The molecular weight excluding hydrogens is 430 g/mol. The SMILES string of the molecule is Cc1c(C(=O)O)cccc1-c1ccc(/C=C2\SC(=S)N(CCc3ccccc3)C2=O)o1. The molecule has 0 atom stereocenters. The molecule has 1 fully saturated rings. The molecular formula is C24H19NO4S2. The van der Waals surface area contributed by atoms with Crippen molar-refractivity contribution in [3.63, 3.8) is 0 Å². The summed E-state index contributed by atoms with van der Waals surface area (Å²) in [4.78, 5) is 26.3. The highest BCUT2D eigenvalue weighted by Crippen LogP contribution is 2.34. The van der Waals surface area contributed by atoms with E-state index in [9.17, 15) is 14.7 Å². The number of amides is 1. The van der Waals surface area contributed by atoms with E-state index in [0.717, 1.165) is 12.0 Å². The van der Waals surface area contributed by atoms with Crippen LogP contribution in [0.4, 0.5) is 0 Å². The molecule has 156 valence electrons. The summed E-state index contributed by atoms with van der Waals surface area (Å²) < 4.78 is 6.43. The molecule has 3 aromatic rings. The fourth-order valence-electron chi connectivity index (χ4n) is 3.42. The average molecular weight is 450 g/mol. The van der Waals surface area contributed by atoms with Crippen molar-refractivity contribution >= 4 is 46.3 Å². The van der Waals surface area contributed by atoms with Crippen LogP contribution in [0.5, 0.6) is 0 Å². The van der Waals surface area contributed by atoms with Crippen molar-refractivity contribution in [2.24, 2.45) is 0 Å². The van der Waals surface area contributed by atoms with Gasteiger partial charge >= 0.3 is 5.97 Å². The van der Waals surface area contributed by atoms with Crippen LogP contribution in [0, 0.1) is 6.92 Å². The van der Waals surface area contributed by atoms with E-state index in [2.05, 4.69) is 0 Å². The lowest BCUT2D eigenvalue weighted by Crippen LogP contribution is -2.30. The Bertz CT molecular complexity index is 1200. The van der Waals surface area contributed by atoms with Gasteiger partial charge in [0.2, 0.25) is 0 Å². The van der Waals surface area contributed by atoms with E-state index < -0.39 is 5.97 Å². The normalized spacial score (nSPS) is 15.1. The molecule has 7 heteroatoms. The van der Waals surface area contributed by atoms with Gasteiger partial charge in [-0.25, -0.2) is 4.79 Å². The molecule has 4 rings (SSSR count). The molecule has 2 heterocycles. The number of furan rings is 1. The lowest BCUT2D eigenvalue weighted by Gasteiger charge is -2.14. The van der Waals surface area contributed by atoms with Crippen LogP contribution in [0.25, 0.3) is 17.4 Å². The second-order valence-electron chi connectivity index (χ2n) is 7.05. The van der Waals surface area contributed by atoms with Crippen molar-refractivity contribution in [3.8, 4) is 11.3 Å². The number of nitrogens with zero attached hydrogens (tertiary/aromatic N) is 1. The van der Waals surface area contributed by atoms with Crippen molar-refractivity contribution in [3.05, 3.63) is 88.0 Å². The summed E-state index contributed by atoms with van der Waals surface area (Å²) >= 11 is 6.66. The molecule has 0 spiro atoms. The summed E-state index contributed by atoms with van der Waals surface area (Å²) in [6.45, 7) is 2.27. The standard InChI is InChI=1S/C24H19NO4S2/c1-15-18(8-5-9-19(15)23(27)28)20-11-10-17(29-20)14-21-22(26)25(24(30)31-21)13-12-16-6-3-2-4-7-16/h2-11,14H,12-13H2,1H3,(H,27,28)/b21-14-. The van der Waals surface area contributed by atoms with Crippen LogP contribution in [0.2, 0.25) is 0 Å². The van der Waals surface area contributed by atoms with Crippen LogP contribution in [0.1, 0.15) is 27.2 Å². The van der Waals surface area contributed by atoms with Gasteiger partial charge in [-0.15, -0.1) is 0 Å². The Kier molecular flexibility index (Phi) is 6.06. The number of thiocarbonyl (C=S) groups is 1. The minimum absolute atomic E-state index is 0.132. The van der Waals surface area contributed by atoms with Crippen molar-refractivity contribution < 1.29 is 19.1 Å². The molecule has 1 saturated heterocycles. The Labute approximate surface area is 189 Å². The number of hydrogen-bond donors (Lipinski definition) is 1. The second kappa shape index (κ2) is 8.91. The Morgan fingerprint density at radius 2 is 1.90 bits per heavy atom. The summed E-state index contributed by atoms with van der Waals surface area (Å²) in [5.74, 6) is -0.0525. The molecule has 1 amide bonds. The summed E-state index contributed by atoms with van der Waals surface area (Å²) in [5, 5.41) is 9.33. The number of aromatic carboxylic acids is 1. The third-order valence-corrected chi connectivity index (χ3v) is 6.45. The highest BCUT2D eigenvalue weighted by molar-refractivity contribution is 8.26. The largest absolute Gasteiger partial charge is 0.478 e. The molecule has 0 radical (unpaired) electrons. The van der Waals surface area contributed by atoms with Crippen LogP contribution in [-0.2, 0) is 11.2 Å². The third-order valence-electron chi connectivity index (χ3n) is 5.07. The number of rotatable bonds is 6. The first-order valence-electron chi connectivity index (χ1n) is 9.66. The molecule has 1 aromatic heterocycles. The lowest BCUT2D eigenvalue weighted by molar-refractivity contribution is -0.122. The molecule has 1 N–H and O–H groups in total. The van der Waals surface area contributed by atoms with Gasteiger partial charge in [0.05, 0.1) is 10.5 Å². The summed E-state index contributed by atoms with van der Waals surface area (Å²) in [6, 6.07) is 18.6. The van der Waals surface area contributed by atoms with Crippen LogP contribution < -0.4 is 0 Å². The van der Waals surface area contributed by atoms with Gasteiger partial charge in [0.1, 0.15) is 15.8 Å². The maximum Gasteiger partial charge on any atom is 0.335 e. The van der Waals surface area contributed by atoms with E-state index in [1.807, 2.05) is 36.4 Å². The Balaban J connectivity index is 1.52. The molecule has 0 saturated carbocycles. The summed E-state index contributed by atoms with van der Waals surface area (Å²) in [7, 11) is 0. The number of benzene rings is 2. The van der Waals surface area contributed by atoms with Gasteiger partial charge in [0.25, 0.3) is 5.91 Å². The number of carbonyl (C=O) groups is 2. The number of thioether (sulfide) groups is 1. The minimum atomic E-state index is -0.981. The van der Waals surface area contributed by atoms with Gasteiger partial charge in [-0.3, -0.25) is 9.69 Å².